The Kier molecular flexibility index (Phi) is 4.51. The molecule has 1 aliphatic rings. The molecule has 19 heavy (non-hydrogen) atoms. The van der Waals surface area contributed by atoms with E-state index in [1.807, 2.05) is 0 Å². The van der Waals surface area contributed by atoms with Gasteiger partial charge in [0.05, 0.1) is 7.11 Å². The summed E-state index contributed by atoms with van der Waals surface area (Å²) in [5.41, 5.74) is 1.87. The molecule has 1 aliphatic carbocycles. The lowest BCUT2D eigenvalue weighted by atomic mass is 9.75. The summed E-state index contributed by atoms with van der Waals surface area (Å²) in [6.45, 7) is 8.06. The maximum atomic E-state index is 5.20. The van der Waals surface area contributed by atoms with Crippen LogP contribution in [0.4, 0.5) is 0 Å². The number of hydrogen-bond acceptors (Lipinski definition) is 2. The molecule has 0 aromatic heterocycles. The summed E-state index contributed by atoms with van der Waals surface area (Å²) in [5.74, 6) is 1.68. The Hall–Kier alpha value is -1.02. The summed E-state index contributed by atoms with van der Waals surface area (Å²) in [6.07, 6.45) is 3.77. The lowest BCUT2D eigenvalue weighted by Crippen LogP contribution is -2.44. The first-order valence-electron chi connectivity index (χ1n) is 7.41. The van der Waals surface area contributed by atoms with Crippen molar-refractivity contribution in [3.63, 3.8) is 0 Å². The maximum Gasteiger partial charge on any atom is 0.118 e. The number of ether oxygens (including phenoxy) is 1. The Morgan fingerprint density at radius 3 is 2.37 bits per heavy atom. The van der Waals surface area contributed by atoms with Gasteiger partial charge in [0, 0.05) is 12.6 Å². The Morgan fingerprint density at radius 2 is 1.84 bits per heavy atom. The van der Waals surface area contributed by atoms with Crippen LogP contribution in [0.15, 0.2) is 24.3 Å². The molecule has 1 fully saturated rings. The highest BCUT2D eigenvalue weighted by Crippen LogP contribution is 2.37. The Balaban J connectivity index is 1.76. The van der Waals surface area contributed by atoms with Gasteiger partial charge in [-0.2, -0.15) is 0 Å². The van der Waals surface area contributed by atoms with Crippen molar-refractivity contribution in [3.8, 4) is 5.75 Å². The van der Waals surface area contributed by atoms with Crippen molar-refractivity contribution in [2.24, 2.45) is 5.41 Å². The largest absolute Gasteiger partial charge is 0.497 e. The average Bonchev–Trinajstić information content (AvgIpc) is 2.37. The van der Waals surface area contributed by atoms with E-state index < -0.39 is 0 Å². The molecule has 0 aliphatic heterocycles. The SMILES string of the molecule is CCC(C)(C)CNC1CC(c2ccc(OC)cc2)C1. The zero-order chi connectivity index (χ0) is 13.9. The number of methoxy groups -OCH3 is 1. The summed E-state index contributed by atoms with van der Waals surface area (Å²) >= 11 is 0. The van der Waals surface area contributed by atoms with Crippen molar-refractivity contribution >= 4 is 0 Å². The quantitative estimate of drug-likeness (QED) is 0.836. The summed E-state index contributed by atoms with van der Waals surface area (Å²) in [5, 5.41) is 3.71. The zero-order valence-corrected chi connectivity index (χ0v) is 12.7. The standard InChI is InChI=1S/C17H27NO/c1-5-17(2,3)12-18-15-10-14(11-15)13-6-8-16(19-4)9-7-13/h6-9,14-15,18H,5,10-12H2,1-4H3. The summed E-state index contributed by atoms with van der Waals surface area (Å²) < 4.78 is 5.20. The normalized spacial score (nSPS) is 22.9. The fraction of sp³-hybridized carbons (Fsp3) is 0.647. The molecule has 0 bridgehead atoms. The van der Waals surface area contributed by atoms with Crippen LogP contribution < -0.4 is 10.1 Å². The van der Waals surface area contributed by atoms with Gasteiger partial charge in [0.2, 0.25) is 0 Å². The van der Waals surface area contributed by atoms with Gasteiger partial charge in [0.15, 0.2) is 0 Å². The second-order valence-electron chi connectivity index (χ2n) is 6.54. The van der Waals surface area contributed by atoms with Crippen molar-refractivity contribution < 1.29 is 4.74 Å². The number of nitrogens with one attached hydrogen (secondary N) is 1. The predicted molar refractivity (Wildman–Crippen MR) is 80.8 cm³/mol. The number of rotatable bonds is 6. The van der Waals surface area contributed by atoms with Crippen LogP contribution in [0.5, 0.6) is 5.75 Å². The maximum absolute atomic E-state index is 5.20. The molecule has 1 saturated carbocycles. The Labute approximate surface area is 117 Å². The summed E-state index contributed by atoms with van der Waals surface area (Å²) in [4.78, 5) is 0. The van der Waals surface area contributed by atoms with E-state index in [0.29, 0.717) is 11.5 Å². The van der Waals surface area contributed by atoms with Crippen LogP contribution in [-0.2, 0) is 0 Å². The first-order chi connectivity index (χ1) is 9.04. The van der Waals surface area contributed by atoms with Crippen LogP contribution in [0.2, 0.25) is 0 Å². The third-order valence-electron chi connectivity index (χ3n) is 4.55. The topological polar surface area (TPSA) is 21.3 Å². The van der Waals surface area contributed by atoms with Crippen LogP contribution in [0, 0.1) is 5.41 Å². The van der Waals surface area contributed by atoms with E-state index in [9.17, 15) is 0 Å². The Morgan fingerprint density at radius 1 is 1.21 bits per heavy atom. The number of hydrogen-bond donors (Lipinski definition) is 1. The van der Waals surface area contributed by atoms with Gasteiger partial charge >= 0.3 is 0 Å². The lowest BCUT2D eigenvalue weighted by molar-refractivity contribution is 0.239. The first-order valence-corrected chi connectivity index (χ1v) is 7.41. The molecule has 1 aromatic carbocycles. The van der Waals surface area contributed by atoms with E-state index in [1.165, 1.54) is 24.8 Å². The molecule has 0 atom stereocenters. The number of benzene rings is 1. The molecule has 1 N–H and O–H groups in total. The minimum atomic E-state index is 0.422. The van der Waals surface area contributed by atoms with Crippen molar-refractivity contribution in [1.29, 1.82) is 0 Å². The van der Waals surface area contributed by atoms with Gasteiger partial charge < -0.3 is 10.1 Å². The highest BCUT2D eigenvalue weighted by atomic mass is 16.5. The summed E-state index contributed by atoms with van der Waals surface area (Å²) in [6, 6.07) is 9.25. The van der Waals surface area contributed by atoms with Crippen molar-refractivity contribution in [2.45, 2.75) is 52.0 Å². The third kappa shape index (κ3) is 3.73. The van der Waals surface area contributed by atoms with Crippen LogP contribution >= 0.6 is 0 Å². The van der Waals surface area contributed by atoms with E-state index in [1.54, 1.807) is 7.11 Å². The molecule has 1 aromatic rings. The van der Waals surface area contributed by atoms with Crippen LogP contribution in [0.1, 0.15) is 51.5 Å². The fourth-order valence-corrected chi connectivity index (χ4v) is 2.48. The molecule has 2 nitrogen and oxygen atoms in total. The zero-order valence-electron chi connectivity index (χ0n) is 12.7. The van der Waals surface area contributed by atoms with E-state index in [-0.39, 0.29) is 0 Å². The molecule has 2 heteroatoms. The Bertz CT molecular complexity index is 390. The smallest absolute Gasteiger partial charge is 0.118 e. The highest BCUT2D eigenvalue weighted by Gasteiger charge is 2.30. The minimum absolute atomic E-state index is 0.422. The molecule has 0 amide bonds. The van der Waals surface area contributed by atoms with Gasteiger partial charge in [-0.1, -0.05) is 32.9 Å². The van der Waals surface area contributed by atoms with Gasteiger partial charge in [-0.25, -0.2) is 0 Å². The third-order valence-corrected chi connectivity index (χ3v) is 4.55. The van der Waals surface area contributed by atoms with Crippen LogP contribution in [0.3, 0.4) is 0 Å². The lowest BCUT2D eigenvalue weighted by Gasteiger charge is -2.38. The van der Waals surface area contributed by atoms with Gasteiger partial charge in [-0.3, -0.25) is 0 Å². The monoisotopic (exact) mass is 261 g/mol. The van der Waals surface area contributed by atoms with Crippen molar-refractivity contribution in [2.75, 3.05) is 13.7 Å². The van der Waals surface area contributed by atoms with E-state index in [2.05, 4.69) is 50.4 Å². The van der Waals surface area contributed by atoms with E-state index >= 15 is 0 Å². The molecule has 2 rings (SSSR count). The van der Waals surface area contributed by atoms with Crippen LogP contribution in [0.25, 0.3) is 0 Å². The van der Waals surface area contributed by atoms with Gasteiger partial charge in [0.25, 0.3) is 0 Å². The molecule has 0 spiro atoms. The van der Waals surface area contributed by atoms with Crippen molar-refractivity contribution in [1.82, 2.24) is 5.32 Å². The predicted octanol–water partition coefficient (Wildman–Crippen LogP) is 3.97. The fourth-order valence-electron chi connectivity index (χ4n) is 2.48. The molecule has 0 saturated heterocycles. The second-order valence-corrected chi connectivity index (χ2v) is 6.54. The molecular weight excluding hydrogens is 234 g/mol. The molecular formula is C17H27NO. The summed E-state index contributed by atoms with van der Waals surface area (Å²) in [7, 11) is 1.72. The van der Waals surface area contributed by atoms with Gasteiger partial charge in [0.1, 0.15) is 5.75 Å². The van der Waals surface area contributed by atoms with E-state index in [4.69, 9.17) is 4.74 Å². The van der Waals surface area contributed by atoms with Gasteiger partial charge in [-0.15, -0.1) is 0 Å². The molecule has 0 unspecified atom stereocenters. The molecule has 106 valence electrons. The molecule has 0 radical (unpaired) electrons. The highest BCUT2D eigenvalue weighted by molar-refractivity contribution is 5.30. The van der Waals surface area contributed by atoms with Gasteiger partial charge in [-0.05, 0) is 48.3 Å². The second kappa shape index (κ2) is 5.96. The average molecular weight is 261 g/mol. The first kappa shape index (κ1) is 14.4. The van der Waals surface area contributed by atoms with Crippen molar-refractivity contribution in [3.05, 3.63) is 29.8 Å². The van der Waals surface area contributed by atoms with E-state index in [0.717, 1.165) is 18.2 Å². The van der Waals surface area contributed by atoms with Crippen LogP contribution in [-0.4, -0.2) is 19.7 Å². The molecule has 0 heterocycles. The minimum Gasteiger partial charge on any atom is -0.497 e.